The molecule has 2 rings (SSSR count). The third-order valence-corrected chi connectivity index (χ3v) is 22.7. The molecule has 0 saturated carbocycles. The first-order valence-electron chi connectivity index (χ1n) is 9.97. The summed E-state index contributed by atoms with van der Waals surface area (Å²) in [6.45, 7) is 11.2. The second-order valence-corrected chi connectivity index (χ2v) is 23.0. The van der Waals surface area contributed by atoms with Gasteiger partial charge in [-0.05, 0) is 22.9 Å². The zero-order chi connectivity index (χ0) is 19.4. The molecule has 2 aromatic heterocycles. The van der Waals surface area contributed by atoms with E-state index in [4.69, 9.17) is 4.98 Å². The molecule has 2 heterocycles. The molecule has 0 radical (unpaired) electrons. The van der Waals surface area contributed by atoms with Crippen LogP contribution in [-0.2, 0) is 0 Å². The van der Waals surface area contributed by atoms with Crippen LogP contribution < -0.4 is 3.71 Å². The molecular weight excluding hydrogens is 531 g/mol. The summed E-state index contributed by atoms with van der Waals surface area (Å²) in [5.41, 5.74) is 0. The van der Waals surface area contributed by atoms with Crippen molar-refractivity contribution in [1.82, 2.24) is 9.97 Å². The first-order chi connectivity index (χ1) is 12.5. The summed E-state index contributed by atoms with van der Waals surface area (Å²) in [4.78, 5) is 9.00. The fourth-order valence-corrected chi connectivity index (χ4v) is 22.3. The van der Waals surface area contributed by atoms with E-state index in [1.54, 1.807) is 15.0 Å². The van der Waals surface area contributed by atoms with Crippen molar-refractivity contribution in [2.45, 2.75) is 86.5 Å². The number of hydrogen-bond donors (Lipinski definition) is 0. The van der Waals surface area contributed by atoms with Gasteiger partial charge in [0.05, 0.1) is 5.01 Å². The molecule has 0 spiro atoms. The van der Waals surface area contributed by atoms with Crippen LogP contribution in [0.25, 0.3) is 0 Å². The molecule has 0 fully saturated rings. The Bertz CT molecular complexity index is 574. The summed E-state index contributed by atoms with van der Waals surface area (Å²) in [7, 11) is 0. The molecule has 6 heteroatoms. The average molecular weight is 566 g/mol. The fraction of sp³-hybridized carbons (Fsp3) is 0.700. The van der Waals surface area contributed by atoms with Crippen LogP contribution in [0.15, 0.2) is 15.4 Å². The summed E-state index contributed by atoms with van der Waals surface area (Å²) in [6, 6.07) is 0. The molecule has 0 aliphatic heterocycles. The van der Waals surface area contributed by atoms with E-state index in [1.807, 2.05) is 23.6 Å². The molecule has 26 heavy (non-hydrogen) atoms. The summed E-state index contributed by atoms with van der Waals surface area (Å²) in [6.07, 6.45) is 8.33. The summed E-state index contributed by atoms with van der Waals surface area (Å²) >= 11 is 4.58. The zero-order valence-corrected chi connectivity index (χ0v) is 23.2. The smallest absolute Gasteiger partial charge is 0.117 e. The molecule has 0 amide bonds. The van der Waals surface area contributed by atoms with Crippen LogP contribution in [0, 0.1) is 13.8 Å². The number of rotatable bonds is 10. The van der Waals surface area contributed by atoms with E-state index in [-0.39, 0.29) is 0 Å². The Labute approximate surface area is 181 Å². The van der Waals surface area contributed by atoms with Crippen LogP contribution in [0.1, 0.15) is 69.3 Å². The van der Waals surface area contributed by atoms with Crippen LogP contribution in [0.5, 0.6) is 0 Å². The standard InChI is InChI=1S/C4H4BrNS.C4H4NS.3C4H9.Sn/c1-3-6-4(5)2-7-3;1-4-5-2-3-6-4;3*1-3-4-2;/h2H,1H3;3H,1H3;3*1,3-4H2,2H3;. The second kappa shape index (κ2) is 13.7. The minimum atomic E-state index is -2.18. The first kappa shape index (κ1) is 24.6. The largest absolute Gasteiger partial charge is 0.235 e. The Morgan fingerprint density at radius 2 is 1.27 bits per heavy atom. The van der Waals surface area contributed by atoms with E-state index in [0.29, 0.717) is 0 Å². The van der Waals surface area contributed by atoms with Gasteiger partial charge in [-0.2, -0.15) is 0 Å². The Morgan fingerprint density at radius 3 is 1.54 bits per heavy atom. The molecular formula is C20H35BrN2S2Sn. The van der Waals surface area contributed by atoms with E-state index in [9.17, 15) is 0 Å². The van der Waals surface area contributed by atoms with Gasteiger partial charge in [-0.25, -0.2) is 4.98 Å². The van der Waals surface area contributed by atoms with E-state index < -0.39 is 18.4 Å². The third-order valence-electron chi connectivity index (χ3n) is 4.78. The molecule has 148 valence electrons. The van der Waals surface area contributed by atoms with E-state index in [1.165, 1.54) is 56.8 Å². The maximum atomic E-state index is 4.95. The van der Waals surface area contributed by atoms with Gasteiger partial charge in [0.15, 0.2) is 0 Å². The minimum absolute atomic E-state index is 0.940. The number of nitrogens with zero attached hydrogens (tertiary/aromatic N) is 2. The van der Waals surface area contributed by atoms with Gasteiger partial charge in [-0.3, -0.25) is 0 Å². The normalized spacial score (nSPS) is 11.3. The molecule has 0 bridgehead atoms. The van der Waals surface area contributed by atoms with E-state index in [0.717, 1.165) is 9.61 Å². The number of hydrogen-bond acceptors (Lipinski definition) is 4. The van der Waals surface area contributed by atoms with Crippen molar-refractivity contribution in [3.63, 3.8) is 0 Å². The van der Waals surface area contributed by atoms with Crippen molar-refractivity contribution in [3.05, 3.63) is 25.4 Å². The maximum Gasteiger partial charge on any atom is 0.117 e. The Balaban J connectivity index is 0.000000401. The van der Waals surface area contributed by atoms with Crippen molar-refractivity contribution in [1.29, 1.82) is 0 Å². The van der Waals surface area contributed by atoms with Gasteiger partial charge >= 0.3 is 128 Å². The van der Waals surface area contributed by atoms with Gasteiger partial charge in [0, 0.05) is 5.38 Å². The molecule has 0 aromatic carbocycles. The minimum Gasteiger partial charge on any atom is -0.235 e. The van der Waals surface area contributed by atoms with Gasteiger partial charge in [0.25, 0.3) is 0 Å². The number of thiazole rings is 2. The van der Waals surface area contributed by atoms with E-state index in [2.05, 4.69) is 54.0 Å². The molecule has 0 aliphatic carbocycles. The predicted octanol–water partition coefficient (Wildman–Crippen LogP) is 7.72. The Morgan fingerprint density at radius 1 is 0.808 bits per heavy atom. The van der Waals surface area contributed by atoms with Gasteiger partial charge in [0.2, 0.25) is 0 Å². The van der Waals surface area contributed by atoms with Crippen molar-refractivity contribution in [3.8, 4) is 0 Å². The second-order valence-electron chi connectivity index (χ2n) is 7.03. The van der Waals surface area contributed by atoms with Crippen molar-refractivity contribution < 1.29 is 0 Å². The summed E-state index contributed by atoms with van der Waals surface area (Å²) in [5.74, 6) is 0. The molecule has 0 saturated heterocycles. The fourth-order valence-electron chi connectivity index (χ4n) is 3.25. The number of halogens is 1. The van der Waals surface area contributed by atoms with Crippen molar-refractivity contribution in [2.24, 2.45) is 0 Å². The predicted molar refractivity (Wildman–Crippen MR) is 126 cm³/mol. The van der Waals surface area contributed by atoms with Gasteiger partial charge in [0.1, 0.15) is 4.60 Å². The average Bonchev–Trinajstić information content (AvgIpc) is 3.23. The molecule has 0 N–H and O–H groups in total. The van der Waals surface area contributed by atoms with Crippen molar-refractivity contribution >= 4 is 60.7 Å². The molecule has 0 atom stereocenters. The number of aryl methyl sites for hydroxylation is 2. The molecule has 0 unspecified atom stereocenters. The van der Waals surface area contributed by atoms with Gasteiger partial charge in [-0.1, -0.05) is 0 Å². The zero-order valence-electron chi connectivity index (χ0n) is 17.1. The monoisotopic (exact) mass is 566 g/mol. The number of unbranched alkanes of at least 4 members (excludes halogenated alkanes) is 3. The van der Waals surface area contributed by atoms with Crippen LogP contribution in [0.3, 0.4) is 0 Å². The Kier molecular flexibility index (Phi) is 12.9. The summed E-state index contributed by atoms with van der Waals surface area (Å²) in [5, 5.41) is 6.77. The quantitative estimate of drug-likeness (QED) is 0.276. The number of aromatic nitrogens is 2. The summed E-state index contributed by atoms with van der Waals surface area (Å²) < 4.78 is 7.15. The van der Waals surface area contributed by atoms with Crippen LogP contribution >= 0.6 is 38.6 Å². The molecule has 2 nitrogen and oxygen atoms in total. The van der Waals surface area contributed by atoms with Crippen LogP contribution in [-0.4, -0.2) is 28.3 Å². The van der Waals surface area contributed by atoms with Crippen LogP contribution in [0.4, 0.5) is 0 Å². The van der Waals surface area contributed by atoms with E-state index >= 15 is 0 Å². The Hall–Kier alpha value is 0.539. The van der Waals surface area contributed by atoms with Gasteiger partial charge < -0.3 is 0 Å². The van der Waals surface area contributed by atoms with Crippen LogP contribution in [0.2, 0.25) is 13.3 Å². The SMILES string of the molecule is CCC[CH2][Sn]([CH2]CCC)([CH2]CCC)[c]1csc(C)n1.Cc1nc(Br)cs1. The topological polar surface area (TPSA) is 25.8 Å². The van der Waals surface area contributed by atoms with Crippen molar-refractivity contribution in [2.75, 3.05) is 0 Å². The maximum absolute atomic E-state index is 4.95. The van der Waals surface area contributed by atoms with Gasteiger partial charge in [-0.15, -0.1) is 11.3 Å². The first-order valence-corrected chi connectivity index (χ1v) is 20.0. The molecule has 0 aliphatic rings. The molecule has 2 aromatic rings. The third kappa shape index (κ3) is 8.70.